The molecule has 0 radical (unpaired) electrons. The van der Waals surface area contributed by atoms with Crippen LogP contribution in [-0.2, 0) is 6.42 Å². The van der Waals surface area contributed by atoms with E-state index in [0.717, 1.165) is 16.4 Å². The second-order valence-electron chi connectivity index (χ2n) is 4.38. The van der Waals surface area contributed by atoms with Crippen LogP contribution < -0.4 is 5.32 Å². The van der Waals surface area contributed by atoms with Crippen LogP contribution in [0.5, 0.6) is 0 Å². The first-order chi connectivity index (χ1) is 7.28. The number of hydrogen-bond acceptors (Lipinski definition) is 2. The number of nitrogens with zero attached hydrogens (tertiary/aromatic N) is 1. The predicted octanol–water partition coefficient (Wildman–Crippen LogP) is 2.77. The maximum absolute atomic E-state index is 4.20. The fourth-order valence-corrected chi connectivity index (χ4v) is 2.84. The van der Waals surface area contributed by atoms with E-state index in [2.05, 4.69) is 39.3 Å². The van der Waals surface area contributed by atoms with Crippen molar-refractivity contribution in [3.8, 4) is 0 Å². The Labute approximate surface area is 99.6 Å². The van der Waals surface area contributed by atoms with Crippen LogP contribution in [0.3, 0.4) is 0 Å². The first-order valence-electron chi connectivity index (χ1n) is 5.54. The first-order valence-corrected chi connectivity index (χ1v) is 6.34. The largest absolute Gasteiger partial charge is 0.317 e. The Kier molecular flexibility index (Phi) is 3.76. The van der Waals surface area contributed by atoms with Gasteiger partial charge in [-0.05, 0) is 66.2 Å². The van der Waals surface area contributed by atoms with Crippen LogP contribution in [0.25, 0.3) is 0 Å². The molecular formula is C12H17BrN2. The lowest BCUT2D eigenvalue weighted by molar-refractivity contribution is 0.509. The maximum atomic E-state index is 4.20. The van der Waals surface area contributed by atoms with Gasteiger partial charge in [0.05, 0.1) is 0 Å². The monoisotopic (exact) mass is 268 g/mol. The summed E-state index contributed by atoms with van der Waals surface area (Å²) in [5, 5.41) is 3.37. The molecule has 1 aromatic heterocycles. The maximum Gasteiger partial charge on any atom is 0.0410 e. The van der Waals surface area contributed by atoms with Crippen molar-refractivity contribution in [2.45, 2.75) is 31.7 Å². The number of aromatic nitrogens is 1. The van der Waals surface area contributed by atoms with Gasteiger partial charge in [0.2, 0.25) is 0 Å². The first kappa shape index (κ1) is 11.1. The zero-order valence-corrected chi connectivity index (χ0v) is 10.6. The van der Waals surface area contributed by atoms with Gasteiger partial charge in [-0.3, -0.25) is 4.98 Å². The lowest BCUT2D eigenvalue weighted by Crippen LogP contribution is -2.21. The van der Waals surface area contributed by atoms with Crippen molar-refractivity contribution in [1.29, 1.82) is 0 Å². The third-order valence-electron chi connectivity index (χ3n) is 3.24. The highest BCUT2D eigenvalue weighted by Crippen LogP contribution is 2.28. The van der Waals surface area contributed by atoms with Crippen molar-refractivity contribution < 1.29 is 0 Å². The number of pyridine rings is 1. The highest BCUT2D eigenvalue weighted by Gasteiger charge is 2.23. The highest BCUT2D eigenvalue weighted by molar-refractivity contribution is 9.10. The minimum Gasteiger partial charge on any atom is -0.317 e. The van der Waals surface area contributed by atoms with Crippen LogP contribution >= 0.6 is 15.9 Å². The molecule has 2 rings (SSSR count). The second kappa shape index (κ2) is 5.08. The Bertz CT molecular complexity index is 327. The Morgan fingerprint density at radius 3 is 3.00 bits per heavy atom. The van der Waals surface area contributed by atoms with E-state index in [1.807, 2.05) is 12.4 Å². The second-order valence-corrected chi connectivity index (χ2v) is 5.30. The molecule has 1 saturated carbocycles. The highest BCUT2D eigenvalue weighted by atomic mass is 79.9. The summed E-state index contributed by atoms with van der Waals surface area (Å²) in [4.78, 5) is 4.20. The average molecular weight is 269 g/mol. The molecule has 2 atom stereocenters. The van der Waals surface area contributed by atoms with E-state index in [0.29, 0.717) is 0 Å². The van der Waals surface area contributed by atoms with Gasteiger partial charge in [-0.2, -0.15) is 0 Å². The van der Waals surface area contributed by atoms with Crippen LogP contribution in [-0.4, -0.2) is 18.1 Å². The van der Waals surface area contributed by atoms with Crippen molar-refractivity contribution in [3.63, 3.8) is 0 Å². The smallest absolute Gasteiger partial charge is 0.0410 e. The Balaban J connectivity index is 1.92. The normalized spacial score (nSPS) is 25.7. The zero-order chi connectivity index (χ0) is 10.7. The molecule has 1 N–H and O–H groups in total. The number of nitrogens with one attached hydrogen (secondary N) is 1. The molecule has 0 aliphatic heterocycles. The summed E-state index contributed by atoms with van der Waals surface area (Å²) in [5.74, 6) is 0.832. The summed E-state index contributed by atoms with van der Waals surface area (Å²) < 4.78 is 1.09. The molecule has 2 nitrogen and oxygen atoms in total. The van der Waals surface area contributed by atoms with Crippen LogP contribution in [0.1, 0.15) is 24.8 Å². The molecule has 1 aliphatic rings. The van der Waals surface area contributed by atoms with Gasteiger partial charge in [-0.1, -0.05) is 0 Å². The molecule has 0 spiro atoms. The molecule has 0 amide bonds. The van der Waals surface area contributed by atoms with Crippen LogP contribution in [0.2, 0.25) is 0 Å². The van der Waals surface area contributed by atoms with Gasteiger partial charge in [0.25, 0.3) is 0 Å². The third-order valence-corrected chi connectivity index (χ3v) is 3.67. The molecule has 0 saturated heterocycles. The lowest BCUT2D eigenvalue weighted by Gasteiger charge is -2.10. The quantitative estimate of drug-likeness (QED) is 0.912. The standard InChI is InChI=1S/C12H17BrN2/c1-14-12-3-2-9(6-12)4-10-5-11(13)8-15-7-10/h5,7-9,12,14H,2-4,6H2,1H3. The van der Waals surface area contributed by atoms with Gasteiger partial charge < -0.3 is 5.32 Å². The van der Waals surface area contributed by atoms with Crippen LogP contribution in [0.4, 0.5) is 0 Å². The molecular weight excluding hydrogens is 252 g/mol. The van der Waals surface area contributed by atoms with E-state index >= 15 is 0 Å². The van der Waals surface area contributed by atoms with Crippen molar-refractivity contribution in [2.75, 3.05) is 7.05 Å². The molecule has 1 aromatic rings. The van der Waals surface area contributed by atoms with Gasteiger partial charge in [-0.25, -0.2) is 0 Å². The van der Waals surface area contributed by atoms with Crippen molar-refractivity contribution in [1.82, 2.24) is 10.3 Å². The zero-order valence-electron chi connectivity index (χ0n) is 9.04. The summed E-state index contributed by atoms with van der Waals surface area (Å²) in [5.41, 5.74) is 1.35. The molecule has 0 bridgehead atoms. The van der Waals surface area contributed by atoms with Gasteiger partial charge >= 0.3 is 0 Å². The van der Waals surface area contributed by atoms with Gasteiger partial charge in [0.15, 0.2) is 0 Å². The molecule has 1 aliphatic carbocycles. The lowest BCUT2D eigenvalue weighted by atomic mass is 9.99. The van der Waals surface area contributed by atoms with Gasteiger partial charge in [0, 0.05) is 22.9 Å². The van der Waals surface area contributed by atoms with E-state index in [4.69, 9.17) is 0 Å². The fourth-order valence-electron chi connectivity index (χ4n) is 2.42. The van der Waals surface area contributed by atoms with Crippen molar-refractivity contribution >= 4 is 15.9 Å². The molecule has 2 unspecified atom stereocenters. The molecule has 1 fully saturated rings. The molecule has 0 aromatic carbocycles. The Morgan fingerprint density at radius 2 is 2.33 bits per heavy atom. The van der Waals surface area contributed by atoms with Gasteiger partial charge in [-0.15, -0.1) is 0 Å². The summed E-state index contributed by atoms with van der Waals surface area (Å²) in [6.07, 6.45) is 8.97. The number of rotatable bonds is 3. The minimum absolute atomic E-state index is 0.732. The molecule has 1 heterocycles. The van der Waals surface area contributed by atoms with E-state index < -0.39 is 0 Å². The summed E-state index contributed by atoms with van der Waals surface area (Å²) in [7, 11) is 2.06. The fraction of sp³-hybridized carbons (Fsp3) is 0.583. The van der Waals surface area contributed by atoms with E-state index in [9.17, 15) is 0 Å². The topological polar surface area (TPSA) is 24.9 Å². The van der Waals surface area contributed by atoms with Crippen LogP contribution in [0, 0.1) is 5.92 Å². The molecule has 82 valence electrons. The summed E-state index contributed by atoms with van der Waals surface area (Å²) in [6, 6.07) is 2.91. The third kappa shape index (κ3) is 3.02. The summed E-state index contributed by atoms with van der Waals surface area (Å²) in [6.45, 7) is 0. The van der Waals surface area contributed by atoms with Crippen molar-refractivity contribution in [2.24, 2.45) is 5.92 Å². The van der Waals surface area contributed by atoms with Crippen LogP contribution in [0.15, 0.2) is 22.9 Å². The Morgan fingerprint density at radius 1 is 1.47 bits per heavy atom. The summed E-state index contributed by atoms with van der Waals surface area (Å²) >= 11 is 3.46. The molecule has 15 heavy (non-hydrogen) atoms. The minimum atomic E-state index is 0.732. The number of hydrogen-bond donors (Lipinski definition) is 1. The predicted molar refractivity (Wildman–Crippen MR) is 65.8 cm³/mol. The SMILES string of the molecule is CNC1CCC(Cc2cncc(Br)c2)C1. The molecule has 3 heteroatoms. The van der Waals surface area contributed by atoms with E-state index in [-0.39, 0.29) is 0 Å². The van der Waals surface area contributed by atoms with E-state index in [1.165, 1.54) is 31.2 Å². The van der Waals surface area contributed by atoms with E-state index in [1.54, 1.807) is 0 Å². The Hall–Kier alpha value is -0.410. The van der Waals surface area contributed by atoms with Crippen molar-refractivity contribution in [3.05, 3.63) is 28.5 Å². The average Bonchev–Trinajstić information content (AvgIpc) is 2.65. The number of halogens is 1. The van der Waals surface area contributed by atoms with Gasteiger partial charge in [0.1, 0.15) is 0 Å².